The number of carbonyl (C=O) groups is 1. The lowest BCUT2D eigenvalue weighted by molar-refractivity contribution is -0.138. The van der Waals surface area contributed by atoms with Crippen LogP contribution in [-0.4, -0.2) is 16.0 Å². The number of aromatic nitrogens is 1. The van der Waals surface area contributed by atoms with Gasteiger partial charge in [0.05, 0.1) is 11.1 Å². The summed E-state index contributed by atoms with van der Waals surface area (Å²) in [5.41, 5.74) is -1.05. The maximum Gasteiger partial charge on any atom is 0.417 e. The maximum atomic E-state index is 12.8. The van der Waals surface area contributed by atoms with Crippen molar-refractivity contribution in [2.45, 2.75) is 6.18 Å². The van der Waals surface area contributed by atoms with Gasteiger partial charge in [-0.25, -0.2) is 0 Å². The first-order valence-electron chi connectivity index (χ1n) is 6.06. The summed E-state index contributed by atoms with van der Waals surface area (Å²) < 4.78 is 38.5. The average molecular weight is 325 g/mol. The van der Waals surface area contributed by atoms with Gasteiger partial charge in [0, 0.05) is 18.1 Å². The molecule has 114 valence electrons. The van der Waals surface area contributed by atoms with Crippen LogP contribution < -0.4 is 10.6 Å². The van der Waals surface area contributed by atoms with E-state index in [0.29, 0.717) is 5.69 Å². The second kappa shape index (κ2) is 6.52. The van der Waals surface area contributed by atoms with Crippen molar-refractivity contribution in [2.75, 3.05) is 5.32 Å². The minimum atomic E-state index is -4.65. The standard InChI is InChI=1S/C14H10F3N3OS/c15-14(16,17)11-6-7-18-8-10(11)12(21)20-13(22)19-9-4-2-1-3-5-9/h1-8H,(H2,19,20,21,22). The molecule has 0 radical (unpaired) electrons. The van der Waals surface area contributed by atoms with Gasteiger partial charge in [0.15, 0.2) is 5.11 Å². The van der Waals surface area contributed by atoms with Crippen LogP contribution in [0, 0.1) is 0 Å². The van der Waals surface area contributed by atoms with Gasteiger partial charge in [-0.3, -0.25) is 15.1 Å². The van der Waals surface area contributed by atoms with Crippen LogP contribution in [0.1, 0.15) is 15.9 Å². The number of hydrogen-bond acceptors (Lipinski definition) is 3. The van der Waals surface area contributed by atoms with Gasteiger partial charge in [-0.05, 0) is 30.4 Å². The molecule has 0 saturated carbocycles. The quantitative estimate of drug-likeness (QED) is 0.833. The number of alkyl halides is 3. The summed E-state index contributed by atoms with van der Waals surface area (Å²) in [5.74, 6) is -0.978. The van der Waals surface area contributed by atoms with Gasteiger partial charge in [0.2, 0.25) is 0 Å². The van der Waals surface area contributed by atoms with Gasteiger partial charge < -0.3 is 5.32 Å². The van der Waals surface area contributed by atoms with E-state index in [1.165, 1.54) is 0 Å². The molecule has 4 nitrogen and oxygen atoms in total. The first-order valence-corrected chi connectivity index (χ1v) is 6.47. The zero-order valence-electron chi connectivity index (χ0n) is 11.0. The number of anilines is 1. The summed E-state index contributed by atoms with van der Waals surface area (Å²) in [6.07, 6.45) is -2.83. The maximum absolute atomic E-state index is 12.8. The highest BCUT2D eigenvalue weighted by molar-refractivity contribution is 7.80. The molecule has 0 aliphatic rings. The number of pyridine rings is 1. The zero-order chi connectivity index (χ0) is 16.2. The van der Waals surface area contributed by atoms with Crippen LogP contribution in [-0.2, 0) is 6.18 Å². The van der Waals surface area contributed by atoms with E-state index in [4.69, 9.17) is 12.2 Å². The fourth-order valence-corrected chi connectivity index (χ4v) is 1.89. The Labute approximate surface area is 129 Å². The highest BCUT2D eigenvalue weighted by Gasteiger charge is 2.35. The number of nitrogens with zero attached hydrogens (tertiary/aromatic N) is 1. The van der Waals surface area contributed by atoms with Crippen LogP contribution in [0.15, 0.2) is 48.8 Å². The Kier molecular flexibility index (Phi) is 4.71. The monoisotopic (exact) mass is 325 g/mol. The van der Waals surface area contributed by atoms with Gasteiger partial charge >= 0.3 is 6.18 Å². The van der Waals surface area contributed by atoms with Gasteiger partial charge in [-0.1, -0.05) is 18.2 Å². The fourth-order valence-electron chi connectivity index (χ4n) is 1.68. The number of hydrogen-bond donors (Lipinski definition) is 2. The predicted molar refractivity (Wildman–Crippen MR) is 79.4 cm³/mol. The molecular weight excluding hydrogens is 315 g/mol. The number of benzene rings is 1. The van der Waals surface area contributed by atoms with E-state index in [0.717, 1.165) is 18.5 Å². The van der Waals surface area contributed by atoms with Crippen molar-refractivity contribution in [3.8, 4) is 0 Å². The smallest absolute Gasteiger partial charge is 0.332 e. The summed E-state index contributed by atoms with van der Waals surface area (Å²) in [4.78, 5) is 15.5. The lowest BCUT2D eigenvalue weighted by atomic mass is 10.1. The summed E-state index contributed by atoms with van der Waals surface area (Å²) in [5, 5.41) is 4.79. The van der Waals surface area contributed by atoms with E-state index < -0.39 is 23.2 Å². The van der Waals surface area contributed by atoms with Crippen molar-refractivity contribution >= 4 is 28.9 Å². The second-order valence-electron chi connectivity index (χ2n) is 4.19. The van der Waals surface area contributed by atoms with Crippen LogP contribution in [0.25, 0.3) is 0 Å². The number of rotatable bonds is 2. The number of halogens is 3. The van der Waals surface area contributed by atoms with Crippen LogP contribution in [0.2, 0.25) is 0 Å². The lowest BCUT2D eigenvalue weighted by Gasteiger charge is -2.13. The molecule has 8 heteroatoms. The number of nitrogens with one attached hydrogen (secondary N) is 2. The van der Waals surface area contributed by atoms with Gasteiger partial charge in [-0.2, -0.15) is 13.2 Å². The van der Waals surface area contributed by atoms with Crippen molar-refractivity contribution in [1.29, 1.82) is 0 Å². The van der Waals surface area contributed by atoms with Crippen molar-refractivity contribution in [1.82, 2.24) is 10.3 Å². The summed E-state index contributed by atoms with van der Waals surface area (Å²) >= 11 is 4.90. The molecule has 0 saturated heterocycles. The largest absolute Gasteiger partial charge is 0.417 e. The van der Waals surface area contributed by atoms with Crippen LogP contribution in [0.3, 0.4) is 0 Å². The average Bonchev–Trinajstić information content (AvgIpc) is 2.47. The molecule has 0 atom stereocenters. The normalized spacial score (nSPS) is 10.9. The van der Waals surface area contributed by atoms with E-state index in [2.05, 4.69) is 15.6 Å². The highest BCUT2D eigenvalue weighted by Crippen LogP contribution is 2.31. The molecular formula is C14H10F3N3OS. The SMILES string of the molecule is O=C(NC(=S)Nc1ccccc1)c1cnccc1C(F)(F)F. The van der Waals surface area contributed by atoms with Crippen molar-refractivity contribution in [2.24, 2.45) is 0 Å². The van der Waals surface area contributed by atoms with Gasteiger partial charge in [0.1, 0.15) is 0 Å². The highest BCUT2D eigenvalue weighted by atomic mass is 32.1. The van der Waals surface area contributed by atoms with Crippen molar-refractivity contribution < 1.29 is 18.0 Å². The van der Waals surface area contributed by atoms with E-state index in [-0.39, 0.29) is 5.11 Å². The fraction of sp³-hybridized carbons (Fsp3) is 0.0714. The Balaban J connectivity index is 2.11. The predicted octanol–water partition coefficient (Wildman–Crippen LogP) is 3.23. The van der Waals surface area contributed by atoms with Crippen LogP contribution in [0.4, 0.5) is 18.9 Å². The molecule has 22 heavy (non-hydrogen) atoms. The Morgan fingerprint density at radius 1 is 1.14 bits per heavy atom. The third-order valence-electron chi connectivity index (χ3n) is 2.63. The molecule has 1 aromatic heterocycles. The minimum Gasteiger partial charge on any atom is -0.332 e. The number of para-hydroxylation sites is 1. The van der Waals surface area contributed by atoms with E-state index in [1.807, 2.05) is 0 Å². The summed E-state index contributed by atoms with van der Waals surface area (Å²) in [7, 11) is 0. The molecule has 2 rings (SSSR count). The minimum absolute atomic E-state index is 0.104. The van der Waals surface area contributed by atoms with Crippen LogP contribution >= 0.6 is 12.2 Å². The molecule has 2 aromatic rings. The lowest BCUT2D eigenvalue weighted by Crippen LogP contribution is -2.35. The van der Waals surface area contributed by atoms with E-state index >= 15 is 0 Å². The third-order valence-corrected chi connectivity index (χ3v) is 2.83. The van der Waals surface area contributed by atoms with Crippen molar-refractivity contribution in [3.05, 3.63) is 59.9 Å². The third kappa shape index (κ3) is 4.01. The molecule has 0 spiro atoms. The van der Waals surface area contributed by atoms with E-state index in [9.17, 15) is 18.0 Å². The number of thiocarbonyl (C=S) groups is 1. The second-order valence-corrected chi connectivity index (χ2v) is 4.60. The Morgan fingerprint density at radius 2 is 1.82 bits per heavy atom. The Hall–Kier alpha value is -2.48. The number of amides is 1. The van der Waals surface area contributed by atoms with Crippen LogP contribution in [0.5, 0.6) is 0 Å². The summed E-state index contributed by atoms with van der Waals surface area (Å²) in [6.45, 7) is 0. The molecule has 1 heterocycles. The molecule has 0 aliphatic carbocycles. The van der Waals surface area contributed by atoms with E-state index in [1.54, 1.807) is 30.3 Å². The molecule has 0 unspecified atom stereocenters. The number of carbonyl (C=O) groups excluding carboxylic acids is 1. The first-order chi connectivity index (χ1) is 10.4. The summed E-state index contributed by atoms with van der Waals surface area (Å²) in [6, 6.07) is 9.42. The molecule has 0 aliphatic heterocycles. The van der Waals surface area contributed by atoms with Crippen molar-refractivity contribution in [3.63, 3.8) is 0 Å². The van der Waals surface area contributed by atoms with Gasteiger partial charge in [0.25, 0.3) is 5.91 Å². The molecule has 2 N–H and O–H groups in total. The first kappa shape index (κ1) is 15.9. The molecule has 1 amide bonds. The Bertz CT molecular complexity index is 689. The Morgan fingerprint density at radius 3 is 2.45 bits per heavy atom. The molecule has 1 aromatic carbocycles. The molecule has 0 fully saturated rings. The molecule has 0 bridgehead atoms. The van der Waals surface area contributed by atoms with Gasteiger partial charge in [-0.15, -0.1) is 0 Å². The zero-order valence-corrected chi connectivity index (χ0v) is 11.8. The topological polar surface area (TPSA) is 54.0 Å².